The fourth-order valence-electron chi connectivity index (χ4n) is 6.62. The van der Waals surface area contributed by atoms with Gasteiger partial charge in [0.15, 0.2) is 0 Å². The largest absolute Gasteiger partial charge is 0.147 e. The van der Waals surface area contributed by atoms with E-state index < -0.39 is 21.3 Å². The molecule has 0 bridgehead atoms. The molecule has 0 saturated carbocycles. The molecular weight excluding hydrogens is 655 g/mol. The molecule has 4 aromatic carbocycles. The van der Waals surface area contributed by atoms with E-state index in [1.165, 1.54) is 44.5 Å². The minimum Gasteiger partial charge on any atom is -0.147 e. The summed E-state index contributed by atoms with van der Waals surface area (Å²) < 4.78 is 4.99. The van der Waals surface area contributed by atoms with Gasteiger partial charge in [0.25, 0.3) is 0 Å². The van der Waals surface area contributed by atoms with Crippen LogP contribution in [0.4, 0.5) is 0 Å². The molecule has 1 unspecified atom stereocenters. The van der Waals surface area contributed by atoms with E-state index in [1.807, 2.05) is 0 Å². The van der Waals surface area contributed by atoms with Crippen molar-refractivity contribution >= 4 is 36.9 Å². The predicted octanol–water partition coefficient (Wildman–Crippen LogP) is 10.8. The number of allylic oxidation sites excluding steroid dienone is 4. The van der Waals surface area contributed by atoms with Crippen LogP contribution in [0, 0.1) is 5.92 Å². The Kier molecular flexibility index (Phi) is 10.4. The maximum atomic E-state index is 2.64. The second-order valence-corrected chi connectivity index (χ2v) is 20.8. The Hall–Kier alpha value is -2.31. The smallest absolute Gasteiger partial charge is 0.147 e. The molecule has 0 nitrogen and oxygen atoms in total. The molecule has 1 atom stereocenters. The van der Waals surface area contributed by atoms with Crippen LogP contribution in [0.15, 0.2) is 106 Å². The molecule has 0 radical (unpaired) electrons. The van der Waals surface area contributed by atoms with Gasteiger partial charge in [-0.05, 0) is 0 Å². The Morgan fingerprint density at radius 3 is 1.91 bits per heavy atom. The van der Waals surface area contributed by atoms with Crippen molar-refractivity contribution < 1.29 is 21.3 Å². The molecule has 44 heavy (non-hydrogen) atoms. The van der Waals surface area contributed by atoms with E-state index in [9.17, 15) is 0 Å². The number of fused-ring (bicyclic) bond motifs is 3. The first-order chi connectivity index (χ1) is 19.9. The first-order valence-electron chi connectivity index (χ1n) is 15.5. The summed E-state index contributed by atoms with van der Waals surface area (Å²) in [5.41, 5.74) is 13.2. The summed E-state index contributed by atoms with van der Waals surface area (Å²) in [7, 11) is 0. The third kappa shape index (κ3) is 6.63. The number of hydrogen-bond donors (Lipinski definition) is 0. The van der Waals surface area contributed by atoms with Crippen molar-refractivity contribution in [3.05, 3.63) is 140 Å². The SMILES string of the molecule is C/[C](c1ccccc1)=[Zr](\[C]1=CC(c2ccccc2)=CC1C)[c]1cc(C(C)(C)C)cc2c1Cc1ccc(C(C)(C)C)cc1-2.Cl.Cl. The Morgan fingerprint density at radius 1 is 0.705 bits per heavy atom. The van der Waals surface area contributed by atoms with E-state index >= 15 is 0 Å². The van der Waals surface area contributed by atoms with E-state index in [1.54, 1.807) is 15.3 Å². The van der Waals surface area contributed by atoms with Crippen molar-refractivity contribution in [1.82, 2.24) is 0 Å². The van der Waals surface area contributed by atoms with Crippen molar-refractivity contribution in [3.63, 3.8) is 0 Å². The standard InChI is InChI=1S/C21H25.C12H11.C8H8.2ClH.Zr/c1-20(2,3)16-9-7-14-11-15-8-10-17(21(4,5)6)13-19(15)18(14)12-16;1-10-7-8-12(9-10)11-5-3-2-4-6-11;1-2-8-6-4-3-5-7-8;;;/h7,9-10,12-13H,11H2,1-6H3;2-6,8-10H,1H3;3-7H,1H3;2*1H;. The van der Waals surface area contributed by atoms with Gasteiger partial charge in [-0.2, -0.15) is 0 Å². The fourth-order valence-corrected chi connectivity index (χ4v) is 14.6. The van der Waals surface area contributed by atoms with Crippen LogP contribution in [0.25, 0.3) is 16.7 Å². The minimum absolute atomic E-state index is 0. The summed E-state index contributed by atoms with van der Waals surface area (Å²) in [6, 6.07) is 34.7. The monoisotopic (exact) mass is 698 g/mol. The second-order valence-electron chi connectivity index (χ2n) is 14.3. The third-order valence-corrected chi connectivity index (χ3v) is 17.1. The number of hydrogen-bond acceptors (Lipinski definition) is 0. The normalized spacial score (nSPS) is 16.1. The third-order valence-electron chi connectivity index (χ3n) is 9.23. The van der Waals surface area contributed by atoms with Crippen molar-refractivity contribution in [2.24, 2.45) is 5.92 Å². The quantitative estimate of drug-likeness (QED) is 0.175. The fraction of sp³-hybridized carbons (Fsp3) is 0.293. The van der Waals surface area contributed by atoms with Gasteiger partial charge in [-0.1, -0.05) is 0 Å². The Labute approximate surface area is 285 Å². The van der Waals surface area contributed by atoms with E-state index in [-0.39, 0.29) is 35.6 Å². The van der Waals surface area contributed by atoms with Gasteiger partial charge in [-0.3, -0.25) is 0 Å². The van der Waals surface area contributed by atoms with Crippen molar-refractivity contribution in [2.75, 3.05) is 0 Å². The van der Waals surface area contributed by atoms with Gasteiger partial charge in [-0.25, -0.2) is 0 Å². The molecule has 0 amide bonds. The molecular formula is C41H46Cl2Zr. The molecule has 2 aliphatic carbocycles. The van der Waals surface area contributed by atoms with Gasteiger partial charge < -0.3 is 0 Å². The maximum absolute atomic E-state index is 2.64. The second kappa shape index (κ2) is 13.2. The number of halogens is 2. The molecule has 3 heteroatoms. The van der Waals surface area contributed by atoms with Crippen LogP contribution in [0.5, 0.6) is 0 Å². The molecule has 0 heterocycles. The molecule has 0 aliphatic heterocycles. The summed E-state index contributed by atoms with van der Waals surface area (Å²) >= 11 is -2.61. The predicted molar refractivity (Wildman–Crippen MR) is 194 cm³/mol. The molecule has 0 spiro atoms. The van der Waals surface area contributed by atoms with E-state index in [4.69, 9.17) is 0 Å². The van der Waals surface area contributed by atoms with Crippen LogP contribution in [0.3, 0.4) is 0 Å². The van der Waals surface area contributed by atoms with Crippen LogP contribution < -0.4 is 3.27 Å². The zero-order chi connectivity index (χ0) is 29.8. The van der Waals surface area contributed by atoms with Crippen molar-refractivity contribution in [1.29, 1.82) is 0 Å². The van der Waals surface area contributed by atoms with Crippen LogP contribution >= 0.6 is 24.8 Å². The Balaban J connectivity index is 0.00000221. The molecule has 0 N–H and O–H groups in total. The van der Waals surface area contributed by atoms with Gasteiger partial charge in [0, 0.05) is 0 Å². The van der Waals surface area contributed by atoms with Crippen LogP contribution in [-0.4, -0.2) is 3.21 Å². The average molecular weight is 701 g/mol. The van der Waals surface area contributed by atoms with Crippen molar-refractivity contribution in [2.45, 2.75) is 72.6 Å². The van der Waals surface area contributed by atoms with Crippen molar-refractivity contribution in [3.8, 4) is 11.1 Å². The van der Waals surface area contributed by atoms with Gasteiger partial charge >= 0.3 is 263 Å². The molecule has 0 fully saturated rings. The van der Waals surface area contributed by atoms with Gasteiger partial charge in [-0.15, -0.1) is 24.8 Å². The number of rotatable bonds is 4. The zero-order valence-corrected chi connectivity index (χ0v) is 31.5. The van der Waals surface area contributed by atoms with E-state index in [2.05, 4.69) is 159 Å². The van der Waals surface area contributed by atoms with Gasteiger partial charge in [0.1, 0.15) is 0 Å². The van der Waals surface area contributed by atoms with Crippen LogP contribution in [0.2, 0.25) is 0 Å². The number of benzene rings is 4. The van der Waals surface area contributed by atoms with Gasteiger partial charge in [0.2, 0.25) is 0 Å². The summed E-state index contributed by atoms with van der Waals surface area (Å²) in [6.45, 7) is 19.0. The Morgan fingerprint density at radius 2 is 1.30 bits per heavy atom. The van der Waals surface area contributed by atoms with Gasteiger partial charge in [0.05, 0.1) is 0 Å². The molecule has 0 aromatic heterocycles. The Bertz CT molecular complexity index is 1760. The average Bonchev–Trinajstić information content (AvgIpc) is 3.53. The summed E-state index contributed by atoms with van der Waals surface area (Å²) in [6.07, 6.45) is 6.14. The maximum Gasteiger partial charge on any atom is -0.147 e. The summed E-state index contributed by atoms with van der Waals surface area (Å²) in [4.78, 5) is 0. The molecule has 0 saturated heterocycles. The summed E-state index contributed by atoms with van der Waals surface area (Å²) in [5, 5.41) is 0. The molecule has 6 rings (SSSR count). The molecule has 2 aliphatic rings. The first-order valence-corrected chi connectivity index (χ1v) is 19.2. The van der Waals surface area contributed by atoms with E-state index in [0.29, 0.717) is 5.92 Å². The van der Waals surface area contributed by atoms with Crippen LogP contribution in [0.1, 0.15) is 88.8 Å². The molecule has 4 aromatic rings. The topological polar surface area (TPSA) is 0 Å². The van der Waals surface area contributed by atoms with Crippen LogP contribution in [-0.2, 0) is 38.5 Å². The van der Waals surface area contributed by atoms with E-state index in [0.717, 1.165) is 6.42 Å². The zero-order valence-electron chi connectivity index (χ0n) is 27.4. The summed E-state index contributed by atoms with van der Waals surface area (Å²) in [5.74, 6) is 0.443. The first kappa shape index (κ1) is 34.6. The molecule has 228 valence electrons. The minimum atomic E-state index is -2.61.